The van der Waals surface area contributed by atoms with Crippen molar-refractivity contribution in [3.63, 3.8) is 0 Å². The molecule has 0 radical (unpaired) electrons. The van der Waals surface area contributed by atoms with Crippen molar-refractivity contribution >= 4 is 34.0 Å². The van der Waals surface area contributed by atoms with E-state index in [1.807, 2.05) is 0 Å². The molecule has 0 amide bonds. The van der Waals surface area contributed by atoms with E-state index in [1.54, 1.807) is 0 Å². The van der Waals surface area contributed by atoms with Gasteiger partial charge in [-0.15, -0.1) is 0 Å². The summed E-state index contributed by atoms with van der Waals surface area (Å²) in [5, 5.41) is 20.5. The average Bonchev–Trinajstić information content (AvgIpc) is 2.19. The molecule has 1 heterocycles. The van der Waals surface area contributed by atoms with Gasteiger partial charge in [-0.2, -0.15) is 0 Å². The van der Waals surface area contributed by atoms with Crippen molar-refractivity contribution in [3.8, 4) is 5.75 Å². The van der Waals surface area contributed by atoms with Gasteiger partial charge in [0.2, 0.25) is 0 Å². The number of anilines is 1. The fourth-order valence-electron chi connectivity index (χ4n) is 1.43. The zero-order valence-electron chi connectivity index (χ0n) is 7.85. The van der Waals surface area contributed by atoms with Gasteiger partial charge in [0.25, 0.3) is 5.69 Å². The second kappa shape index (κ2) is 3.49. The van der Waals surface area contributed by atoms with E-state index in [1.165, 1.54) is 18.2 Å². The molecule has 16 heavy (non-hydrogen) atoms. The summed E-state index contributed by atoms with van der Waals surface area (Å²) in [6.45, 7) is 0. The van der Waals surface area contributed by atoms with Crippen molar-refractivity contribution in [2.75, 3.05) is 5.73 Å². The van der Waals surface area contributed by atoms with Gasteiger partial charge in [0, 0.05) is 6.07 Å². The Morgan fingerprint density at radius 3 is 2.81 bits per heavy atom. The Morgan fingerprint density at radius 1 is 1.50 bits per heavy atom. The SMILES string of the molecule is Nc1cc(Cl)c2c([N+](=O)[O-])ccc(O)c2n1. The standard InChI is InChI=1S/C9H6ClN3O3/c10-4-3-7(11)12-9-6(14)2-1-5(8(4)9)13(15)16/h1-3,14H,(H2,11,12). The number of hydrogen-bond donors (Lipinski definition) is 2. The molecule has 0 bridgehead atoms. The first-order valence-electron chi connectivity index (χ1n) is 4.23. The van der Waals surface area contributed by atoms with E-state index < -0.39 is 4.92 Å². The summed E-state index contributed by atoms with van der Waals surface area (Å²) in [7, 11) is 0. The minimum Gasteiger partial charge on any atom is -0.506 e. The lowest BCUT2D eigenvalue weighted by Crippen LogP contribution is -1.95. The van der Waals surface area contributed by atoms with Crippen LogP contribution in [-0.4, -0.2) is 15.0 Å². The molecular weight excluding hydrogens is 234 g/mol. The summed E-state index contributed by atoms with van der Waals surface area (Å²) in [5.41, 5.74) is 5.25. The smallest absolute Gasteiger partial charge is 0.280 e. The first kappa shape index (κ1) is 10.4. The molecule has 0 aliphatic carbocycles. The van der Waals surface area contributed by atoms with Crippen LogP contribution in [-0.2, 0) is 0 Å². The van der Waals surface area contributed by atoms with Gasteiger partial charge < -0.3 is 10.8 Å². The average molecular weight is 240 g/mol. The third-order valence-corrected chi connectivity index (χ3v) is 2.38. The third kappa shape index (κ3) is 1.49. The quantitative estimate of drug-likeness (QED) is 0.586. The number of benzene rings is 1. The zero-order valence-corrected chi connectivity index (χ0v) is 8.60. The highest BCUT2D eigenvalue weighted by molar-refractivity contribution is 6.36. The molecule has 1 aromatic carbocycles. The number of non-ortho nitro benzene ring substituents is 1. The minimum atomic E-state index is -0.592. The number of aromatic hydroxyl groups is 1. The number of fused-ring (bicyclic) bond motifs is 1. The third-order valence-electron chi connectivity index (χ3n) is 2.09. The van der Waals surface area contributed by atoms with Crippen LogP contribution in [0.1, 0.15) is 0 Å². The van der Waals surface area contributed by atoms with Gasteiger partial charge in [0.1, 0.15) is 22.5 Å². The van der Waals surface area contributed by atoms with Crippen molar-refractivity contribution in [2.45, 2.75) is 0 Å². The summed E-state index contributed by atoms with van der Waals surface area (Å²) in [6, 6.07) is 3.65. The van der Waals surface area contributed by atoms with Crippen LogP contribution in [0.15, 0.2) is 18.2 Å². The second-order valence-corrected chi connectivity index (χ2v) is 3.52. The Balaban J connectivity index is 2.98. The molecule has 6 nitrogen and oxygen atoms in total. The molecule has 0 spiro atoms. The highest BCUT2D eigenvalue weighted by Gasteiger charge is 2.18. The monoisotopic (exact) mass is 239 g/mol. The van der Waals surface area contributed by atoms with Gasteiger partial charge in [-0.05, 0) is 12.1 Å². The fourth-order valence-corrected chi connectivity index (χ4v) is 1.73. The first-order chi connectivity index (χ1) is 7.50. The van der Waals surface area contributed by atoms with E-state index in [9.17, 15) is 15.2 Å². The molecular formula is C9H6ClN3O3. The molecule has 0 fully saturated rings. The van der Waals surface area contributed by atoms with Crippen molar-refractivity contribution in [1.82, 2.24) is 4.98 Å². The maximum atomic E-state index is 10.8. The van der Waals surface area contributed by atoms with Crippen LogP contribution in [0.5, 0.6) is 5.75 Å². The number of nitrogens with zero attached hydrogens (tertiary/aromatic N) is 2. The lowest BCUT2D eigenvalue weighted by molar-refractivity contribution is -0.383. The van der Waals surface area contributed by atoms with Crippen molar-refractivity contribution in [2.24, 2.45) is 0 Å². The Labute approximate surface area is 94.4 Å². The van der Waals surface area contributed by atoms with Gasteiger partial charge >= 0.3 is 0 Å². The van der Waals surface area contributed by atoms with Crippen molar-refractivity contribution < 1.29 is 10.0 Å². The molecule has 0 unspecified atom stereocenters. The molecule has 7 heteroatoms. The highest BCUT2D eigenvalue weighted by atomic mass is 35.5. The number of halogens is 1. The summed E-state index contributed by atoms with van der Waals surface area (Å²) in [4.78, 5) is 14.0. The van der Waals surface area contributed by atoms with E-state index in [2.05, 4.69) is 4.98 Å². The summed E-state index contributed by atoms with van der Waals surface area (Å²) in [5.74, 6) is -0.108. The number of aromatic nitrogens is 1. The van der Waals surface area contributed by atoms with E-state index in [4.69, 9.17) is 17.3 Å². The molecule has 0 atom stereocenters. The van der Waals surface area contributed by atoms with Crippen LogP contribution in [0.25, 0.3) is 10.9 Å². The van der Waals surface area contributed by atoms with Gasteiger partial charge in [-0.25, -0.2) is 4.98 Å². The molecule has 0 saturated carbocycles. The van der Waals surface area contributed by atoms with E-state index in [0.717, 1.165) is 0 Å². The number of hydrogen-bond acceptors (Lipinski definition) is 5. The largest absolute Gasteiger partial charge is 0.506 e. The topological polar surface area (TPSA) is 102 Å². The second-order valence-electron chi connectivity index (χ2n) is 3.11. The Hall–Kier alpha value is -2.08. The Morgan fingerprint density at radius 2 is 2.19 bits per heavy atom. The molecule has 1 aromatic heterocycles. The number of phenols is 1. The molecule has 2 aromatic rings. The van der Waals surface area contributed by atoms with Crippen LogP contribution < -0.4 is 5.73 Å². The summed E-state index contributed by atoms with van der Waals surface area (Å²) >= 11 is 5.85. The number of nitro benzene ring substituents is 1. The molecule has 0 aliphatic heterocycles. The number of nitro groups is 1. The fraction of sp³-hybridized carbons (Fsp3) is 0. The van der Waals surface area contributed by atoms with Gasteiger partial charge in [0.15, 0.2) is 0 Å². The Bertz CT molecular complexity index is 600. The van der Waals surface area contributed by atoms with E-state index in [0.29, 0.717) is 0 Å². The molecule has 0 aliphatic rings. The van der Waals surface area contributed by atoms with Crippen molar-refractivity contribution in [1.29, 1.82) is 0 Å². The van der Waals surface area contributed by atoms with Gasteiger partial charge in [-0.1, -0.05) is 11.6 Å². The number of rotatable bonds is 1. The zero-order chi connectivity index (χ0) is 11.9. The number of pyridine rings is 1. The van der Waals surface area contributed by atoms with Crippen molar-refractivity contribution in [3.05, 3.63) is 33.3 Å². The molecule has 2 rings (SSSR count). The predicted molar refractivity (Wildman–Crippen MR) is 59.5 cm³/mol. The van der Waals surface area contributed by atoms with Crippen LogP contribution in [0, 0.1) is 10.1 Å². The van der Waals surface area contributed by atoms with E-state index >= 15 is 0 Å². The molecule has 3 N–H and O–H groups in total. The first-order valence-corrected chi connectivity index (χ1v) is 4.60. The lowest BCUT2D eigenvalue weighted by atomic mass is 10.1. The maximum Gasteiger partial charge on any atom is 0.280 e. The lowest BCUT2D eigenvalue weighted by Gasteiger charge is -2.04. The number of nitrogen functional groups attached to an aromatic ring is 1. The normalized spacial score (nSPS) is 10.6. The van der Waals surface area contributed by atoms with Gasteiger partial charge in [0.05, 0.1) is 9.95 Å². The summed E-state index contributed by atoms with van der Waals surface area (Å²) in [6.07, 6.45) is 0. The number of phenolic OH excluding ortho intramolecular Hbond substituents is 1. The van der Waals surface area contributed by atoms with Gasteiger partial charge in [-0.3, -0.25) is 10.1 Å². The number of nitrogens with two attached hydrogens (primary N) is 1. The maximum absolute atomic E-state index is 10.8. The summed E-state index contributed by atoms with van der Waals surface area (Å²) < 4.78 is 0. The van der Waals surface area contributed by atoms with Crippen LogP contribution in [0.3, 0.4) is 0 Å². The molecule has 82 valence electrons. The Kier molecular flexibility index (Phi) is 2.28. The minimum absolute atomic E-state index is 0.0270. The highest BCUT2D eigenvalue weighted by Crippen LogP contribution is 2.36. The van der Waals surface area contributed by atoms with E-state index in [-0.39, 0.29) is 33.2 Å². The van der Waals surface area contributed by atoms with Crippen LogP contribution >= 0.6 is 11.6 Å². The predicted octanol–water partition coefficient (Wildman–Crippen LogP) is 2.08. The van der Waals surface area contributed by atoms with Crippen LogP contribution in [0.2, 0.25) is 5.02 Å². The van der Waals surface area contributed by atoms with Crippen LogP contribution in [0.4, 0.5) is 11.5 Å². The molecule has 0 saturated heterocycles.